The second-order valence-corrected chi connectivity index (χ2v) is 4.21. The van der Waals surface area contributed by atoms with E-state index in [0.29, 0.717) is 19.3 Å². The van der Waals surface area contributed by atoms with Gasteiger partial charge in [0.15, 0.2) is 0 Å². The van der Waals surface area contributed by atoms with Crippen molar-refractivity contribution < 1.29 is 14.1 Å². The van der Waals surface area contributed by atoms with Crippen LogP contribution >= 0.6 is 12.2 Å². The van der Waals surface area contributed by atoms with E-state index < -0.39 is 0 Å². The Bertz CT molecular complexity index is 371. The molecule has 2 amide bonds. The molecule has 0 aromatic rings. The molecule has 3 N–H and O–H groups in total. The van der Waals surface area contributed by atoms with Gasteiger partial charge in [-0.15, -0.1) is 4.48 Å². The van der Waals surface area contributed by atoms with E-state index in [1.165, 1.54) is 12.5 Å². The summed E-state index contributed by atoms with van der Waals surface area (Å²) in [6, 6.07) is 0. The van der Waals surface area contributed by atoms with Crippen molar-refractivity contribution in [2.45, 2.75) is 26.2 Å². The molecule has 0 unspecified atom stereocenters. The minimum atomic E-state index is -0.342. The standard InChI is InChI=1S/C10H14FN3O2S/c1-6(15)12-8-4-2-3-7(5-8)9(16)13-10(17)14-11/h4,7H,2-3,5H2,1H3,(H,12,15)(H2,13,14,16,17)/t7-/m0/s1. The molecule has 0 spiro atoms. The van der Waals surface area contributed by atoms with Crippen molar-refractivity contribution >= 4 is 29.1 Å². The van der Waals surface area contributed by atoms with Crippen molar-refractivity contribution in [2.24, 2.45) is 5.92 Å². The van der Waals surface area contributed by atoms with Gasteiger partial charge in [0.2, 0.25) is 16.9 Å². The molecule has 0 aliphatic heterocycles. The summed E-state index contributed by atoms with van der Waals surface area (Å²) in [4.78, 5) is 22.5. The zero-order valence-corrected chi connectivity index (χ0v) is 10.2. The minimum absolute atomic E-state index is 0.168. The predicted octanol–water partition coefficient (Wildman–Crippen LogP) is 0.682. The Labute approximate surface area is 104 Å². The van der Waals surface area contributed by atoms with E-state index in [4.69, 9.17) is 0 Å². The summed E-state index contributed by atoms with van der Waals surface area (Å²) < 4.78 is 11.9. The monoisotopic (exact) mass is 259 g/mol. The Hall–Kier alpha value is -1.50. The topological polar surface area (TPSA) is 70.2 Å². The maximum atomic E-state index is 11.9. The molecule has 0 saturated carbocycles. The molecule has 1 rings (SSSR count). The van der Waals surface area contributed by atoms with E-state index in [0.717, 1.165) is 5.70 Å². The number of amides is 2. The first kappa shape index (κ1) is 13.6. The summed E-state index contributed by atoms with van der Waals surface area (Å²) in [7, 11) is 0. The number of carbonyl (C=O) groups excluding carboxylic acids is 2. The van der Waals surface area contributed by atoms with Gasteiger partial charge in [0.25, 0.3) is 0 Å². The van der Waals surface area contributed by atoms with Crippen molar-refractivity contribution in [3.63, 3.8) is 0 Å². The summed E-state index contributed by atoms with van der Waals surface area (Å²) in [6.45, 7) is 1.41. The lowest BCUT2D eigenvalue weighted by Crippen LogP contribution is -2.40. The predicted molar refractivity (Wildman–Crippen MR) is 64.2 cm³/mol. The Morgan fingerprint density at radius 2 is 2.24 bits per heavy atom. The van der Waals surface area contributed by atoms with Crippen molar-refractivity contribution in [3.8, 4) is 0 Å². The van der Waals surface area contributed by atoms with Crippen LogP contribution in [0.15, 0.2) is 11.8 Å². The Balaban J connectivity index is 2.52. The number of nitrogens with one attached hydrogen (secondary N) is 3. The highest BCUT2D eigenvalue weighted by atomic mass is 32.1. The Morgan fingerprint density at radius 3 is 2.82 bits per heavy atom. The van der Waals surface area contributed by atoms with E-state index in [1.54, 1.807) is 0 Å². The van der Waals surface area contributed by atoms with Crippen LogP contribution in [0.3, 0.4) is 0 Å². The number of halogens is 1. The summed E-state index contributed by atoms with van der Waals surface area (Å²) in [5.74, 6) is -0.803. The van der Waals surface area contributed by atoms with Gasteiger partial charge in [-0.05, 0) is 31.5 Å². The smallest absolute Gasteiger partial charge is 0.229 e. The molecule has 1 aliphatic carbocycles. The SMILES string of the molecule is CC(=O)NC1=CCC[C@H](C(=O)NC(=S)NF)C1. The van der Waals surface area contributed by atoms with Gasteiger partial charge >= 0.3 is 0 Å². The first-order valence-corrected chi connectivity index (χ1v) is 5.62. The highest BCUT2D eigenvalue weighted by Crippen LogP contribution is 2.22. The summed E-state index contributed by atoms with van der Waals surface area (Å²) >= 11 is 4.50. The van der Waals surface area contributed by atoms with Gasteiger partial charge in [-0.2, -0.15) is 5.54 Å². The Kier molecular flexibility index (Phi) is 5.02. The fourth-order valence-corrected chi connectivity index (χ4v) is 1.80. The molecule has 94 valence electrons. The first-order chi connectivity index (χ1) is 8.02. The summed E-state index contributed by atoms with van der Waals surface area (Å²) in [5, 5.41) is 4.55. The molecule has 7 heteroatoms. The molecule has 0 radical (unpaired) electrons. The summed E-state index contributed by atoms with van der Waals surface area (Å²) in [5.41, 5.74) is 1.92. The number of allylic oxidation sites excluding steroid dienone is 2. The zero-order valence-electron chi connectivity index (χ0n) is 9.38. The molecule has 0 saturated heterocycles. The van der Waals surface area contributed by atoms with Crippen LogP contribution < -0.4 is 16.2 Å². The lowest BCUT2D eigenvalue weighted by atomic mass is 9.91. The molecule has 0 aromatic carbocycles. The van der Waals surface area contributed by atoms with Crippen LogP contribution in [0.4, 0.5) is 4.48 Å². The average Bonchev–Trinajstić information content (AvgIpc) is 2.28. The molecule has 0 aromatic heterocycles. The molecular formula is C10H14FN3O2S. The lowest BCUT2D eigenvalue weighted by Gasteiger charge is -2.22. The lowest BCUT2D eigenvalue weighted by molar-refractivity contribution is -0.124. The molecule has 0 heterocycles. The molecular weight excluding hydrogens is 245 g/mol. The van der Waals surface area contributed by atoms with Gasteiger partial charge in [0, 0.05) is 18.5 Å². The molecule has 5 nitrogen and oxygen atoms in total. The Morgan fingerprint density at radius 1 is 1.53 bits per heavy atom. The number of hydrogen-bond donors (Lipinski definition) is 3. The van der Waals surface area contributed by atoms with Crippen molar-refractivity contribution in [3.05, 3.63) is 11.8 Å². The van der Waals surface area contributed by atoms with Gasteiger partial charge in [0.1, 0.15) is 0 Å². The van der Waals surface area contributed by atoms with Gasteiger partial charge < -0.3 is 10.6 Å². The van der Waals surface area contributed by atoms with Crippen LogP contribution in [-0.4, -0.2) is 16.9 Å². The zero-order chi connectivity index (χ0) is 12.8. The van der Waals surface area contributed by atoms with E-state index in [9.17, 15) is 14.1 Å². The third kappa shape index (κ3) is 4.48. The number of carbonyl (C=O) groups is 2. The summed E-state index contributed by atoms with van der Waals surface area (Å²) in [6.07, 6.45) is 3.67. The highest BCUT2D eigenvalue weighted by molar-refractivity contribution is 7.80. The first-order valence-electron chi connectivity index (χ1n) is 5.21. The van der Waals surface area contributed by atoms with Crippen molar-refractivity contribution in [2.75, 3.05) is 0 Å². The van der Waals surface area contributed by atoms with Crippen LogP contribution in [0.5, 0.6) is 0 Å². The van der Waals surface area contributed by atoms with Gasteiger partial charge in [-0.1, -0.05) is 6.08 Å². The van der Waals surface area contributed by atoms with Crippen LogP contribution in [0, 0.1) is 5.92 Å². The largest absolute Gasteiger partial charge is 0.330 e. The minimum Gasteiger partial charge on any atom is -0.330 e. The van der Waals surface area contributed by atoms with Crippen LogP contribution in [0.2, 0.25) is 0 Å². The quantitative estimate of drug-likeness (QED) is 0.504. The van der Waals surface area contributed by atoms with E-state index in [2.05, 4.69) is 22.9 Å². The highest BCUT2D eigenvalue weighted by Gasteiger charge is 2.23. The second kappa shape index (κ2) is 6.29. The normalized spacial score (nSPS) is 18.9. The van der Waals surface area contributed by atoms with E-state index in [-0.39, 0.29) is 22.8 Å². The van der Waals surface area contributed by atoms with Gasteiger partial charge in [-0.3, -0.25) is 9.59 Å². The number of thiocarbonyl (C=S) groups is 1. The van der Waals surface area contributed by atoms with E-state index >= 15 is 0 Å². The third-order valence-corrected chi connectivity index (χ3v) is 2.58. The number of rotatable bonds is 2. The van der Waals surface area contributed by atoms with Crippen LogP contribution in [-0.2, 0) is 9.59 Å². The van der Waals surface area contributed by atoms with E-state index in [1.807, 2.05) is 6.08 Å². The van der Waals surface area contributed by atoms with Gasteiger partial charge in [-0.25, -0.2) is 0 Å². The van der Waals surface area contributed by atoms with Crippen LogP contribution in [0.25, 0.3) is 0 Å². The molecule has 17 heavy (non-hydrogen) atoms. The fourth-order valence-electron chi connectivity index (χ4n) is 1.70. The number of hydrogen-bond acceptors (Lipinski definition) is 3. The maximum Gasteiger partial charge on any atom is 0.229 e. The van der Waals surface area contributed by atoms with Crippen molar-refractivity contribution in [1.29, 1.82) is 0 Å². The van der Waals surface area contributed by atoms with Gasteiger partial charge in [0.05, 0.1) is 0 Å². The second-order valence-electron chi connectivity index (χ2n) is 3.80. The maximum absolute atomic E-state index is 11.9. The third-order valence-electron chi connectivity index (χ3n) is 2.40. The molecule has 1 aliphatic rings. The molecule has 0 fully saturated rings. The molecule has 1 atom stereocenters. The van der Waals surface area contributed by atoms with Crippen molar-refractivity contribution in [1.82, 2.24) is 16.2 Å². The van der Waals surface area contributed by atoms with Crippen LogP contribution in [0.1, 0.15) is 26.2 Å². The average molecular weight is 259 g/mol. The molecule has 0 bridgehead atoms. The fraction of sp³-hybridized carbons (Fsp3) is 0.500.